The Labute approximate surface area is 173 Å². The second-order valence-corrected chi connectivity index (χ2v) is 9.53. The van der Waals surface area contributed by atoms with Crippen molar-refractivity contribution in [1.29, 1.82) is 0 Å². The molecule has 0 saturated heterocycles. The summed E-state index contributed by atoms with van der Waals surface area (Å²) in [6, 6.07) is 5.07. The van der Waals surface area contributed by atoms with E-state index in [1.54, 1.807) is 17.4 Å². The van der Waals surface area contributed by atoms with Crippen LogP contribution in [0.1, 0.15) is 34.9 Å². The number of nitrogens with two attached hydrogens (primary N) is 1. The summed E-state index contributed by atoms with van der Waals surface area (Å²) in [4.78, 5) is 5.84. The van der Waals surface area contributed by atoms with Crippen molar-refractivity contribution in [3.05, 3.63) is 43.5 Å². The molecule has 27 heavy (non-hydrogen) atoms. The van der Waals surface area contributed by atoms with Crippen molar-refractivity contribution in [2.45, 2.75) is 43.7 Å². The van der Waals surface area contributed by atoms with Gasteiger partial charge in [0, 0.05) is 34.8 Å². The third-order valence-corrected chi connectivity index (χ3v) is 7.68. The maximum absolute atomic E-state index is 14.6. The maximum atomic E-state index is 14.6. The number of fused-ring (bicyclic) bond motifs is 1. The topological polar surface area (TPSA) is 50.9 Å². The first-order chi connectivity index (χ1) is 12.9. The molecule has 1 fully saturated rings. The highest BCUT2D eigenvalue weighted by Gasteiger charge is 2.48. The van der Waals surface area contributed by atoms with E-state index in [0.717, 1.165) is 15.3 Å². The molecule has 3 heterocycles. The SMILES string of the molecule is N[C@@H]1CCCC(F)(F)[C@H]1c1sc2c(NCc3cccs3)cc(Cl)nc2c1Cl. The molecule has 3 aromatic heterocycles. The standard InChI is InChI=1S/C18H17Cl2F2N3S2/c19-12-7-11(24-8-9-3-2-6-26-9)16-15(25-12)14(20)17(27-16)13-10(23)4-1-5-18(13,21)22/h2-3,6-7,10,13H,1,4-5,8,23H2,(H,24,25)/t10-,13-/m1/s1. The minimum Gasteiger partial charge on any atom is -0.379 e. The van der Waals surface area contributed by atoms with Gasteiger partial charge in [-0.2, -0.15) is 0 Å². The number of rotatable bonds is 4. The molecule has 0 aromatic carbocycles. The van der Waals surface area contributed by atoms with Gasteiger partial charge in [0.05, 0.1) is 21.3 Å². The fraction of sp³-hybridized carbons (Fsp3) is 0.389. The molecule has 0 aliphatic heterocycles. The van der Waals surface area contributed by atoms with E-state index in [2.05, 4.69) is 10.3 Å². The van der Waals surface area contributed by atoms with Gasteiger partial charge in [-0.15, -0.1) is 22.7 Å². The van der Waals surface area contributed by atoms with Crippen molar-refractivity contribution in [2.75, 3.05) is 5.32 Å². The van der Waals surface area contributed by atoms with Crippen LogP contribution >= 0.6 is 45.9 Å². The highest BCUT2D eigenvalue weighted by atomic mass is 35.5. The van der Waals surface area contributed by atoms with Crippen molar-refractivity contribution in [3.63, 3.8) is 0 Å². The molecule has 3 nitrogen and oxygen atoms in total. The summed E-state index contributed by atoms with van der Waals surface area (Å²) in [7, 11) is 0. The minimum absolute atomic E-state index is 0.173. The van der Waals surface area contributed by atoms with E-state index in [9.17, 15) is 8.78 Å². The minimum atomic E-state index is -2.88. The number of anilines is 1. The number of nitrogens with one attached hydrogen (secondary N) is 1. The second-order valence-electron chi connectivity index (χ2n) is 6.68. The molecule has 9 heteroatoms. The normalized spacial score (nSPS) is 22.3. The lowest BCUT2D eigenvalue weighted by molar-refractivity contribution is -0.0601. The summed E-state index contributed by atoms with van der Waals surface area (Å²) in [6.07, 6.45) is 0.807. The van der Waals surface area contributed by atoms with E-state index in [1.165, 1.54) is 11.3 Å². The Morgan fingerprint density at radius 3 is 2.89 bits per heavy atom. The van der Waals surface area contributed by atoms with Gasteiger partial charge in [-0.25, -0.2) is 13.8 Å². The number of nitrogens with zero attached hydrogens (tertiary/aromatic N) is 1. The van der Waals surface area contributed by atoms with E-state index in [1.807, 2.05) is 17.5 Å². The van der Waals surface area contributed by atoms with Crippen molar-refractivity contribution in [3.8, 4) is 0 Å². The summed E-state index contributed by atoms with van der Waals surface area (Å²) < 4.78 is 30.0. The first-order valence-electron chi connectivity index (χ1n) is 8.55. The average molecular weight is 448 g/mol. The number of thiophene rings is 2. The van der Waals surface area contributed by atoms with Gasteiger partial charge in [0.25, 0.3) is 5.92 Å². The molecule has 0 unspecified atom stereocenters. The third kappa shape index (κ3) is 3.68. The molecule has 3 aromatic rings. The number of hydrogen-bond acceptors (Lipinski definition) is 5. The largest absolute Gasteiger partial charge is 0.379 e. The van der Waals surface area contributed by atoms with E-state index < -0.39 is 17.9 Å². The summed E-state index contributed by atoms with van der Waals surface area (Å²) in [5.74, 6) is -3.97. The van der Waals surface area contributed by atoms with E-state index >= 15 is 0 Å². The van der Waals surface area contributed by atoms with Gasteiger partial charge < -0.3 is 11.1 Å². The van der Waals surface area contributed by atoms with Gasteiger partial charge >= 0.3 is 0 Å². The molecule has 1 aliphatic rings. The van der Waals surface area contributed by atoms with Crippen molar-refractivity contribution < 1.29 is 8.78 Å². The van der Waals surface area contributed by atoms with Crippen LogP contribution in [0, 0.1) is 0 Å². The Bertz CT molecular complexity index is 959. The smallest absolute Gasteiger partial charge is 0.257 e. The van der Waals surface area contributed by atoms with Crippen LogP contribution < -0.4 is 11.1 Å². The van der Waals surface area contributed by atoms with Gasteiger partial charge in [0.15, 0.2) is 0 Å². The Balaban J connectivity index is 1.77. The Morgan fingerprint density at radius 2 is 2.19 bits per heavy atom. The molecule has 0 spiro atoms. The zero-order chi connectivity index (χ0) is 19.2. The van der Waals surface area contributed by atoms with Crippen LogP contribution in [-0.4, -0.2) is 16.9 Å². The molecule has 0 bridgehead atoms. The number of pyridine rings is 1. The first kappa shape index (κ1) is 19.3. The van der Waals surface area contributed by atoms with Gasteiger partial charge in [-0.05, 0) is 24.3 Å². The quantitative estimate of drug-likeness (QED) is 0.448. The lowest BCUT2D eigenvalue weighted by Gasteiger charge is -2.35. The predicted octanol–water partition coefficient (Wildman–Crippen LogP) is 6.51. The fourth-order valence-electron chi connectivity index (χ4n) is 3.55. The van der Waals surface area contributed by atoms with Crippen molar-refractivity contribution in [1.82, 2.24) is 4.98 Å². The molecular weight excluding hydrogens is 431 g/mol. The van der Waals surface area contributed by atoms with Crippen LogP contribution in [0.25, 0.3) is 10.2 Å². The number of aromatic nitrogens is 1. The summed E-state index contributed by atoms with van der Waals surface area (Å²) in [5.41, 5.74) is 7.27. The highest BCUT2D eigenvalue weighted by Crippen LogP contribution is 2.51. The van der Waals surface area contributed by atoms with Crippen LogP contribution in [-0.2, 0) is 6.54 Å². The zero-order valence-corrected chi connectivity index (χ0v) is 17.3. The number of hydrogen-bond donors (Lipinski definition) is 2. The highest BCUT2D eigenvalue weighted by molar-refractivity contribution is 7.20. The van der Waals surface area contributed by atoms with Gasteiger partial charge in [-0.3, -0.25) is 0 Å². The maximum Gasteiger partial charge on any atom is 0.257 e. The van der Waals surface area contributed by atoms with Crippen molar-refractivity contribution in [2.24, 2.45) is 5.73 Å². The molecular formula is C18H17Cl2F2N3S2. The van der Waals surface area contributed by atoms with Crippen LogP contribution in [0.5, 0.6) is 0 Å². The van der Waals surface area contributed by atoms with Gasteiger partial charge in [0.1, 0.15) is 10.7 Å². The second kappa shape index (κ2) is 7.44. The summed E-state index contributed by atoms with van der Waals surface area (Å²) in [6.45, 7) is 0.608. The Hall–Kier alpha value is -0.990. The Kier molecular flexibility index (Phi) is 5.33. The number of halogens is 4. The summed E-state index contributed by atoms with van der Waals surface area (Å²) >= 11 is 15.5. The summed E-state index contributed by atoms with van der Waals surface area (Å²) in [5, 5.41) is 5.82. The van der Waals surface area contributed by atoms with Crippen LogP contribution in [0.4, 0.5) is 14.5 Å². The molecule has 1 aliphatic carbocycles. The lowest BCUT2D eigenvalue weighted by Crippen LogP contribution is -2.43. The molecule has 144 valence electrons. The molecule has 1 saturated carbocycles. The molecule has 0 amide bonds. The molecule has 3 N–H and O–H groups in total. The van der Waals surface area contributed by atoms with Crippen LogP contribution in [0.3, 0.4) is 0 Å². The third-order valence-electron chi connectivity index (χ3n) is 4.82. The predicted molar refractivity (Wildman–Crippen MR) is 111 cm³/mol. The first-order valence-corrected chi connectivity index (χ1v) is 11.0. The molecule has 0 radical (unpaired) electrons. The van der Waals surface area contributed by atoms with Crippen LogP contribution in [0.15, 0.2) is 23.6 Å². The zero-order valence-electron chi connectivity index (χ0n) is 14.1. The Morgan fingerprint density at radius 1 is 1.37 bits per heavy atom. The molecule has 2 atom stereocenters. The average Bonchev–Trinajstić information content (AvgIpc) is 3.22. The van der Waals surface area contributed by atoms with E-state index in [-0.39, 0.29) is 16.6 Å². The van der Waals surface area contributed by atoms with Gasteiger partial charge in [0.2, 0.25) is 0 Å². The van der Waals surface area contributed by atoms with E-state index in [4.69, 9.17) is 28.9 Å². The number of alkyl halides is 2. The van der Waals surface area contributed by atoms with Crippen LogP contribution in [0.2, 0.25) is 10.2 Å². The lowest BCUT2D eigenvalue weighted by atomic mass is 9.81. The van der Waals surface area contributed by atoms with E-state index in [0.29, 0.717) is 29.8 Å². The monoisotopic (exact) mass is 447 g/mol. The fourth-order valence-corrected chi connectivity index (χ4v) is 6.18. The van der Waals surface area contributed by atoms with Crippen molar-refractivity contribution >= 4 is 61.8 Å². The van der Waals surface area contributed by atoms with Gasteiger partial charge in [-0.1, -0.05) is 29.3 Å². The molecule has 4 rings (SSSR count).